The minimum absolute atomic E-state index is 1.07. The topological polar surface area (TPSA) is 0 Å². The molecule has 2 fully saturated rings. The Bertz CT molecular complexity index is 111. The molecule has 0 aromatic carbocycles. The van der Waals surface area contributed by atoms with Gasteiger partial charge in [0.2, 0.25) is 0 Å². The molecule has 2 aliphatic carbocycles. The van der Waals surface area contributed by atoms with Crippen molar-refractivity contribution in [3.8, 4) is 0 Å². The van der Waals surface area contributed by atoms with Crippen molar-refractivity contribution in [1.82, 2.24) is 0 Å². The molecule has 58 valence electrons. The minimum Gasteiger partial charge on any atom is -0.0622 e. The van der Waals surface area contributed by atoms with Crippen LogP contribution in [0.4, 0.5) is 0 Å². The molecule has 0 N–H and O–H groups in total. The molecule has 0 bridgehead atoms. The predicted octanol–water partition coefficient (Wildman–Crippen LogP) is 3.22. The fraction of sp³-hybridized carbons (Fsp3) is 1.00. The van der Waals surface area contributed by atoms with Crippen molar-refractivity contribution < 1.29 is 0 Å². The third-order valence-corrected chi connectivity index (χ3v) is 3.69. The van der Waals surface area contributed by atoms with Crippen LogP contribution >= 0.6 is 0 Å². The van der Waals surface area contributed by atoms with Gasteiger partial charge in [0.05, 0.1) is 0 Å². The van der Waals surface area contributed by atoms with Crippen LogP contribution in [0, 0.1) is 17.8 Å². The summed E-state index contributed by atoms with van der Waals surface area (Å²) in [7, 11) is 0. The molecule has 0 aromatic heterocycles. The van der Waals surface area contributed by atoms with Crippen LogP contribution in [0.3, 0.4) is 0 Å². The largest absolute Gasteiger partial charge is 0.0622 e. The Balaban J connectivity index is 1.86. The van der Waals surface area contributed by atoms with Crippen molar-refractivity contribution in [2.24, 2.45) is 17.8 Å². The van der Waals surface area contributed by atoms with Crippen LogP contribution in [-0.4, -0.2) is 0 Å². The molecule has 0 aromatic rings. The molecule has 0 heterocycles. The number of hydrogen-bond acceptors (Lipinski definition) is 0. The van der Waals surface area contributed by atoms with Gasteiger partial charge >= 0.3 is 0 Å². The normalized spacial score (nSPS) is 41.7. The van der Waals surface area contributed by atoms with E-state index in [9.17, 15) is 0 Å². The summed E-state index contributed by atoms with van der Waals surface area (Å²) < 4.78 is 0. The molecule has 0 aliphatic heterocycles. The molecule has 0 spiro atoms. The maximum atomic E-state index is 2.44. The highest BCUT2D eigenvalue weighted by Gasteiger charge is 2.34. The second-order valence-electron chi connectivity index (χ2n) is 4.26. The zero-order valence-electron chi connectivity index (χ0n) is 6.97. The molecule has 2 atom stereocenters. The lowest BCUT2D eigenvalue weighted by Crippen LogP contribution is -2.28. The van der Waals surface area contributed by atoms with Gasteiger partial charge in [0.15, 0.2) is 0 Å². The van der Waals surface area contributed by atoms with E-state index in [0.29, 0.717) is 0 Å². The van der Waals surface area contributed by atoms with E-state index in [2.05, 4.69) is 6.92 Å². The Labute approximate surface area is 64.0 Å². The first-order chi connectivity index (χ1) is 4.88. The maximum absolute atomic E-state index is 2.44. The van der Waals surface area contributed by atoms with Crippen LogP contribution in [0.2, 0.25) is 0 Å². The summed E-state index contributed by atoms with van der Waals surface area (Å²) in [5.41, 5.74) is 0. The summed E-state index contributed by atoms with van der Waals surface area (Å²) in [6.07, 6.45) is 9.21. The highest BCUT2D eigenvalue weighted by molar-refractivity contribution is 4.85. The van der Waals surface area contributed by atoms with Crippen molar-refractivity contribution in [2.45, 2.75) is 45.4 Å². The van der Waals surface area contributed by atoms with Gasteiger partial charge in [0.1, 0.15) is 0 Å². The molecule has 10 heavy (non-hydrogen) atoms. The van der Waals surface area contributed by atoms with Gasteiger partial charge in [0.25, 0.3) is 0 Å². The Kier molecular flexibility index (Phi) is 1.71. The predicted molar refractivity (Wildman–Crippen MR) is 43.8 cm³/mol. The lowest BCUT2D eigenvalue weighted by atomic mass is 9.67. The van der Waals surface area contributed by atoms with Gasteiger partial charge < -0.3 is 0 Å². The molecule has 2 rings (SSSR count). The van der Waals surface area contributed by atoms with Crippen LogP contribution in [0.1, 0.15) is 45.4 Å². The molecular weight excluding hydrogens is 120 g/mol. The molecule has 2 unspecified atom stereocenters. The number of hydrogen-bond donors (Lipinski definition) is 0. The second kappa shape index (κ2) is 2.56. The zero-order chi connectivity index (χ0) is 6.97. The van der Waals surface area contributed by atoms with E-state index < -0.39 is 0 Å². The van der Waals surface area contributed by atoms with Crippen molar-refractivity contribution in [1.29, 1.82) is 0 Å². The SMILES string of the molecule is CC1CCC1C1CCCC1. The smallest absolute Gasteiger partial charge is 0.0360 e. The summed E-state index contributed by atoms with van der Waals surface area (Å²) in [6, 6.07) is 0. The van der Waals surface area contributed by atoms with Crippen LogP contribution in [0.5, 0.6) is 0 Å². The minimum atomic E-state index is 1.07. The Morgan fingerprint density at radius 2 is 1.60 bits per heavy atom. The Morgan fingerprint density at radius 3 is 2.00 bits per heavy atom. The molecule has 2 saturated carbocycles. The average Bonchev–Trinajstić information content (AvgIpc) is 2.37. The van der Waals surface area contributed by atoms with Crippen molar-refractivity contribution in [3.63, 3.8) is 0 Å². The van der Waals surface area contributed by atoms with Gasteiger partial charge in [-0.3, -0.25) is 0 Å². The molecular formula is C10H18. The second-order valence-corrected chi connectivity index (χ2v) is 4.26. The summed E-state index contributed by atoms with van der Waals surface area (Å²) in [4.78, 5) is 0. The Hall–Kier alpha value is 0. The van der Waals surface area contributed by atoms with E-state index in [0.717, 1.165) is 17.8 Å². The van der Waals surface area contributed by atoms with E-state index in [-0.39, 0.29) is 0 Å². The molecule has 0 amide bonds. The lowest BCUT2D eigenvalue weighted by molar-refractivity contribution is 0.122. The summed E-state index contributed by atoms with van der Waals surface area (Å²) in [5, 5.41) is 0. The first-order valence-corrected chi connectivity index (χ1v) is 4.88. The molecule has 0 heteroatoms. The highest BCUT2D eigenvalue weighted by atomic mass is 14.4. The van der Waals surface area contributed by atoms with E-state index >= 15 is 0 Å². The quantitative estimate of drug-likeness (QED) is 0.522. The maximum Gasteiger partial charge on any atom is -0.0360 e. The Morgan fingerprint density at radius 1 is 0.900 bits per heavy atom. The first-order valence-electron chi connectivity index (χ1n) is 4.88. The third-order valence-electron chi connectivity index (χ3n) is 3.69. The summed E-state index contributed by atoms with van der Waals surface area (Å²) in [6.45, 7) is 2.44. The van der Waals surface area contributed by atoms with Crippen molar-refractivity contribution in [3.05, 3.63) is 0 Å². The average molecular weight is 138 g/mol. The lowest BCUT2D eigenvalue weighted by Gasteiger charge is -2.38. The molecule has 0 saturated heterocycles. The third kappa shape index (κ3) is 0.980. The van der Waals surface area contributed by atoms with Gasteiger partial charge in [-0.05, 0) is 24.2 Å². The number of rotatable bonds is 1. The van der Waals surface area contributed by atoms with Crippen LogP contribution in [0.25, 0.3) is 0 Å². The fourth-order valence-corrected chi connectivity index (χ4v) is 2.78. The van der Waals surface area contributed by atoms with E-state index in [1.807, 2.05) is 0 Å². The van der Waals surface area contributed by atoms with Crippen molar-refractivity contribution >= 4 is 0 Å². The van der Waals surface area contributed by atoms with Gasteiger partial charge in [-0.15, -0.1) is 0 Å². The van der Waals surface area contributed by atoms with Crippen LogP contribution in [-0.2, 0) is 0 Å². The van der Waals surface area contributed by atoms with Crippen LogP contribution in [0.15, 0.2) is 0 Å². The summed E-state index contributed by atoms with van der Waals surface area (Å²) in [5.74, 6) is 3.36. The van der Waals surface area contributed by atoms with E-state index in [1.165, 1.54) is 19.3 Å². The standard InChI is InChI=1S/C10H18/c1-8-6-7-10(8)9-4-2-3-5-9/h8-10H,2-7H2,1H3. The van der Waals surface area contributed by atoms with E-state index in [1.54, 1.807) is 19.3 Å². The van der Waals surface area contributed by atoms with Crippen molar-refractivity contribution in [2.75, 3.05) is 0 Å². The molecule has 0 radical (unpaired) electrons. The van der Waals surface area contributed by atoms with E-state index in [4.69, 9.17) is 0 Å². The summed E-state index contributed by atoms with van der Waals surface area (Å²) >= 11 is 0. The van der Waals surface area contributed by atoms with Gasteiger partial charge in [-0.25, -0.2) is 0 Å². The first kappa shape index (κ1) is 6.69. The highest BCUT2D eigenvalue weighted by Crippen LogP contribution is 2.45. The van der Waals surface area contributed by atoms with Gasteiger partial charge in [0, 0.05) is 0 Å². The molecule has 2 aliphatic rings. The molecule has 0 nitrogen and oxygen atoms in total. The fourth-order valence-electron chi connectivity index (χ4n) is 2.78. The van der Waals surface area contributed by atoms with Gasteiger partial charge in [-0.1, -0.05) is 39.0 Å². The zero-order valence-corrected chi connectivity index (χ0v) is 6.97. The van der Waals surface area contributed by atoms with Gasteiger partial charge in [-0.2, -0.15) is 0 Å². The monoisotopic (exact) mass is 138 g/mol. The van der Waals surface area contributed by atoms with Crippen LogP contribution < -0.4 is 0 Å².